The number of aromatic nitrogens is 6. The van der Waals surface area contributed by atoms with Crippen molar-refractivity contribution in [3.8, 4) is 11.3 Å². The third-order valence-corrected chi connectivity index (χ3v) is 7.34. The second-order valence-corrected chi connectivity index (χ2v) is 9.58. The summed E-state index contributed by atoms with van der Waals surface area (Å²) in [6.07, 6.45) is 3.28. The molecule has 1 fully saturated rings. The maximum absolute atomic E-state index is 12.5. The van der Waals surface area contributed by atoms with Crippen LogP contribution in [0, 0.1) is 0 Å². The Bertz CT molecular complexity index is 1620. The molecule has 0 radical (unpaired) electrons. The van der Waals surface area contributed by atoms with Gasteiger partial charge in [-0.25, -0.2) is 4.98 Å². The number of fused-ring (bicyclic) bond motifs is 2. The van der Waals surface area contributed by atoms with Crippen molar-refractivity contribution in [3.63, 3.8) is 0 Å². The summed E-state index contributed by atoms with van der Waals surface area (Å²) in [4.78, 5) is 23.8. The van der Waals surface area contributed by atoms with Gasteiger partial charge in [-0.05, 0) is 30.5 Å². The summed E-state index contributed by atoms with van der Waals surface area (Å²) in [5.41, 5.74) is 15.6. The van der Waals surface area contributed by atoms with Crippen LogP contribution < -0.4 is 16.4 Å². The van der Waals surface area contributed by atoms with E-state index in [4.69, 9.17) is 23.1 Å². The van der Waals surface area contributed by atoms with Crippen LogP contribution in [0.2, 0.25) is 5.02 Å². The number of carbonyl (C=O) groups excluding carboxylic acids is 1. The van der Waals surface area contributed by atoms with Crippen molar-refractivity contribution in [1.29, 1.82) is 0 Å². The molecule has 3 aromatic heterocycles. The highest BCUT2D eigenvalue weighted by atomic mass is 35.5. The van der Waals surface area contributed by atoms with Gasteiger partial charge in [-0.2, -0.15) is 15.2 Å². The molecule has 5 N–H and O–H groups in total. The van der Waals surface area contributed by atoms with E-state index in [1.807, 2.05) is 48.5 Å². The topological polar surface area (TPSA) is 145 Å². The quantitative estimate of drug-likeness (QED) is 0.343. The van der Waals surface area contributed by atoms with Crippen molar-refractivity contribution >= 4 is 45.4 Å². The van der Waals surface area contributed by atoms with Crippen molar-refractivity contribution in [2.24, 2.45) is 18.5 Å². The molecule has 0 bridgehead atoms. The standard InChI is InChI=1S/C25H24ClN9O/c1-34-13-16-17(33-34)8-7-15(19(16)26)20-18-21(22(27)36)29-24(30-23(18)32-31-20)35-11-9-25(28,10-12-35)14-5-3-2-4-6-14/h2-8,13H,9-12,28H2,1H3,(H2,27,36)(H,29,30,31,32). The second kappa shape index (κ2) is 8.28. The summed E-state index contributed by atoms with van der Waals surface area (Å²) in [6.45, 7) is 1.27. The summed E-state index contributed by atoms with van der Waals surface area (Å²) in [5, 5.41) is 13.5. The Balaban J connectivity index is 1.38. The van der Waals surface area contributed by atoms with Crippen LogP contribution in [0.5, 0.6) is 0 Å². The number of hydrogen-bond acceptors (Lipinski definition) is 7. The number of benzene rings is 2. The highest BCUT2D eigenvalue weighted by Gasteiger charge is 2.34. The fraction of sp³-hybridized carbons (Fsp3) is 0.240. The smallest absolute Gasteiger partial charge is 0.268 e. The molecule has 182 valence electrons. The first-order chi connectivity index (χ1) is 17.3. The summed E-state index contributed by atoms with van der Waals surface area (Å²) in [5.74, 6) is -0.266. The molecular formula is C25H24ClN9O. The molecule has 4 heterocycles. The van der Waals surface area contributed by atoms with E-state index in [9.17, 15) is 4.79 Å². The fourth-order valence-electron chi connectivity index (χ4n) is 4.96. The zero-order chi connectivity index (χ0) is 25.0. The number of aryl methyl sites for hydroxylation is 1. The molecule has 2 aromatic carbocycles. The molecule has 5 aromatic rings. The van der Waals surface area contributed by atoms with Gasteiger partial charge in [-0.3, -0.25) is 14.6 Å². The van der Waals surface area contributed by atoms with E-state index in [-0.39, 0.29) is 5.69 Å². The number of piperidine rings is 1. The Hall–Kier alpha value is -4.02. The number of primary amides is 1. The number of rotatable bonds is 4. The van der Waals surface area contributed by atoms with E-state index < -0.39 is 11.4 Å². The van der Waals surface area contributed by atoms with Gasteiger partial charge in [0.2, 0.25) is 5.95 Å². The lowest BCUT2D eigenvalue weighted by Gasteiger charge is -2.39. The van der Waals surface area contributed by atoms with Crippen LogP contribution >= 0.6 is 11.6 Å². The van der Waals surface area contributed by atoms with E-state index in [2.05, 4.69) is 37.4 Å². The first-order valence-corrected chi connectivity index (χ1v) is 12.0. The van der Waals surface area contributed by atoms with Crippen molar-refractivity contribution in [3.05, 3.63) is 64.9 Å². The normalized spacial score (nSPS) is 15.6. The van der Waals surface area contributed by atoms with Crippen molar-refractivity contribution in [2.75, 3.05) is 18.0 Å². The molecule has 1 aliphatic heterocycles. The van der Waals surface area contributed by atoms with E-state index in [0.717, 1.165) is 29.3 Å². The molecule has 1 amide bonds. The SMILES string of the molecule is Cn1cc2c(Cl)c(-c3[nH]nc4nc(N5CCC(N)(c6ccccc6)CC5)nc(C(N)=O)c34)ccc2n1. The Morgan fingerprint density at radius 2 is 1.86 bits per heavy atom. The molecule has 1 aliphatic rings. The number of H-pyrrole nitrogens is 1. The zero-order valence-electron chi connectivity index (χ0n) is 19.6. The average molecular weight is 502 g/mol. The lowest BCUT2D eigenvalue weighted by atomic mass is 9.82. The fourth-order valence-corrected chi connectivity index (χ4v) is 5.27. The number of carbonyl (C=O) groups is 1. The van der Waals surface area contributed by atoms with Crippen LogP contribution in [0.4, 0.5) is 5.95 Å². The Morgan fingerprint density at radius 3 is 2.58 bits per heavy atom. The van der Waals surface area contributed by atoms with Crippen LogP contribution in [0.3, 0.4) is 0 Å². The van der Waals surface area contributed by atoms with Crippen LogP contribution in [0.15, 0.2) is 48.7 Å². The highest BCUT2D eigenvalue weighted by molar-refractivity contribution is 6.38. The maximum atomic E-state index is 12.5. The van der Waals surface area contributed by atoms with Crippen molar-refractivity contribution in [1.82, 2.24) is 29.9 Å². The minimum Gasteiger partial charge on any atom is -0.364 e. The number of hydrogen-bond donors (Lipinski definition) is 3. The molecule has 1 saturated heterocycles. The predicted molar refractivity (Wildman–Crippen MR) is 139 cm³/mol. The van der Waals surface area contributed by atoms with Crippen LogP contribution in [-0.4, -0.2) is 48.9 Å². The van der Waals surface area contributed by atoms with Crippen molar-refractivity contribution in [2.45, 2.75) is 18.4 Å². The number of nitrogens with one attached hydrogen (secondary N) is 1. The molecule has 36 heavy (non-hydrogen) atoms. The van der Waals surface area contributed by atoms with Gasteiger partial charge in [0.1, 0.15) is 5.69 Å². The van der Waals surface area contributed by atoms with E-state index in [0.29, 0.717) is 46.4 Å². The number of halogens is 1. The van der Waals surface area contributed by atoms with Gasteiger partial charge in [0.25, 0.3) is 5.91 Å². The molecule has 0 unspecified atom stereocenters. The minimum atomic E-state index is -0.667. The van der Waals surface area contributed by atoms with Crippen LogP contribution in [0.25, 0.3) is 33.2 Å². The van der Waals surface area contributed by atoms with E-state index >= 15 is 0 Å². The molecule has 0 spiro atoms. The van der Waals surface area contributed by atoms with Gasteiger partial charge in [0.05, 0.1) is 21.6 Å². The number of amides is 1. The van der Waals surface area contributed by atoms with Gasteiger partial charge < -0.3 is 16.4 Å². The zero-order valence-corrected chi connectivity index (χ0v) is 20.3. The number of anilines is 1. The third-order valence-electron chi connectivity index (χ3n) is 6.93. The molecule has 0 atom stereocenters. The largest absolute Gasteiger partial charge is 0.364 e. The minimum absolute atomic E-state index is 0.0914. The van der Waals surface area contributed by atoms with Gasteiger partial charge in [0, 0.05) is 42.8 Å². The lowest BCUT2D eigenvalue weighted by molar-refractivity contribution is 0.0997. The Kier molecular flexibility index (Phi) is 5.16. The van der Waals surface area contributed by atoms with E-state index in [1.165, 1.54) is 0 Å². The number of nitrogens with two attached hydrogens (primary N) is 2. The Morgan fingerprint density at radius 1 is 1.11 bits per heavy atom. The van der Waals surface area contributed by atoms with Gasteiger partial charge in [0.15, 0.2) is 5.65 Å². The molecule has 0 aliphatic carbocycles. The van der Waals surface area contributed by atoms with Gasteiger partial charge in [-0.1, -0.05) is 41.9 Å². The predicted octanol–water partition coefficient (Wildman–Crippen LogP) is 3.11. The maximum Gasteiger partial charge on any atom is 0.268 e. The first kappa shape index (κ1) is 22.4. The second-order valence-electron chi connectivity index (χ2n) is 9.21. The first-order valence-electron chi connectivity index (χ1n) is 11.6. The molecule has 0 saturated carbocycles. The van der Waals surface area contributed by atoms with Gasteiger partial charge in [-0.15, -0.1) is 0 Å². The summed E-state index contributed by atoms with van der Waals surface area (Å²) in [6, 6.07) is 13.8. The highest BCUT2D eigenvalue weighted by Crippen LogP contribution is 2.38. The Labute approximate surface area is 211 Å². The number of nitrogens with zero attached hydrogens (tertiary/aromatic N) is 6. The summed E-state index contributed by atoms with van der Waals surface area (Å²) < 4.78 is 1.70. The number of aromatic amines is 1. The molecule has 11 heteroatoms. The lowest BCUT2D eigenvalue weighted by Crippen LogP contribution is -2.48. The van der Waals surface area contributed by atoms with E-state index in [1.54, 1.807) is 4.68 Å². The van der Waals surface area contributed by atoms with Gasteiger partial charge >= 0.3 is 0 Å². The van der Waals surface area contributed by atoms with Crippen LogP contribution in [-0.2, 0) is 12.6 Å². The molecule has 6 rings (SSSR count). The van der Waals surface area contributed by atoms with Crippen LogP contribution in [0.1, 0.15) is 28.9 Å². The monoisotopic (exact) mass is 501 g/mol. The summed E-state index contributed by atoms with van der Waals surface area (Å²) >= 11 is 6.73. The summed E-state index contributed by atoms with van der Waals surface area (Å²) in [7, 11) is 1.83. The molecule has 10 nitrogen and oxygen atoms in total. The van der Waals surface area contributed by atoms with Crippen molar-refractivity contribution < 1.29 is 4.79 Å². The third kappa shape index (κ3) is 3.57. The molecular weight excluding hydrogens is 478 g/mol. The average Bonchev–Trinajstić information content (AvgIpc) is 3.48.